The Hall–Kier alpha value is -2.27. The predicted octanol–water partition coefficient (Wildman–Crippen LogP) is 5.09. The summed E-state index contributed by atoms with van der Waals surface area (Å²) in [5.41, 5.74) is 3.63. The number of carbonyl (C=O) groups excluding carboxylic acids is 1. The Morgan fingerprint density at radius 1 is 1.23 bits per heavy atom. The van der Waals surface area contributed by atoms with E-state index in [1.165, 1.54) is 29.0 Å². The third-order valence-corrected chi connectivity index (χ3v) is 6.30. The summed E-state index contributed by atoms with van der Waals surface area (Å²) in [5, 5.41) is 3.99. The molecule has 1 atom stereocenters. The molecular weight excluding hydrogens is 342 g/mol. The third kappa shape index (κ3) is 3.36. The van der Waals surface area contributed by atoms with Crippen molar-refractivity contribution >= 4 is 33.1 Å². The molecule has 1 aliphatic carbocycles. The van der Waals surface area contributed by atoms with Crippen LogP contribution in [0.3, 0.4) is 0 Å². The minimum atomic E-state index is -0.0928. The second-order valence-corrected chi connectivity index (χ2v) is 9.13. The van der Waals surface area contributed by atoms with Crippen molar-refractivity contribution in [2.45, 2.75) is 40.0 Å². The number of carbonyl (C=O) groups is 1. The molecule has 1 amide bonds. The van der Waals surface area contributed by atoms with Gasteiger partial charge in [-0.25, -0.2) is 4.98 Å². The fraction of sp³-hybridized carbons (Fsp3) is 0.381. The fourth-order valence-corrected chi connectivity index (χ4v) is 4.53. The summed E-state index contributed by atoms with van der Waals surface area (Å²) in [6.07, 6.45) is 6.64. The average Bonchev–Trinajstić information content (AvgIpc) is 3.02. The van der Waals surface area contributed by atoms with E-state index in [1.807, 2.05) is 6.07 Å². The van der Waals surface area contributed by atoms with Crippen molar-refractivity contribution in [1.82, 2.24) is 9.97 Å². The highest BCUT2D eigenvalue weighted by Gasteiger charge is 2.29. The fourth-order valence-electron chi connectivity index (χ4n) is 3.60. The number of amides is 1. The van der Waals surface area contributed by atoms with Crippen molar-refractivity contribution in [2.75, 3.05) is 5.32 Å². The molecule has 26 heavy (non-hydrogen) atoms. The van der Waals surface area contributed by atoms with Gasteiger partial charge in [0, 0.05) is 29.2 Å². The van der Waals surface area contributed by atoms with E-state index in [1.54, 1.807) is 24.5 Å². The van der Waals surface area contributed by atoms with E-state index in [9.17, 15) is 4.79 Å². The lowest BCUT2D eigenvalue weighted by molar-refractivity contribution is 0.103. The molecule has 0 saturated carbocycles. The van der Waals surface area contributed by atoms with Crippen LogP contribution >= 0.6 is 11.3 Å². The topological polar surface area (TPSA) is 54.9 Å². The van der Waals surface area contributed by atoms with Gasteiger partial charge >= 0.3 is 0 Å². The highest BCUT2D eigenvalue weighted by Crippen LogP contribution is 2.38. The number of anilines is 1. The quantitative estimate of drug-likeness (QED) is 0.688. The van der Waals surface area contributed by atoms with Crippen LogP contribution in [0.4, 0.5) is 5.69 Å². The van der Waals surface area contributed by atoms with E-state index in [4.69, 9.17) is 4.98 Å². The SMILES string of the molecule is CC(C)(C)C1CCc2nc3sc(C(=O)Nc4ccncc4)cc3cc2C1. The molecule has 3 aromatic heterocycles. The van der Waals surface area contributed by atoms with Crippen LogP contribution in [0.5, 0.6) is 0 Å². The Bertz CT molecular complexity index is 957. The summed E-state index contributed by atoms with van der Waals surface area (Å²) >= 11 is 1.47. The van der Waals surface area contributed by atoms with Crippen LogP contribution in [0.2, 0.25) is 0 Å². The Kier molecular flexibility index (Phi) is 4.27. The number of hydrogen-bond donors (Lipinski definition) is 1. The number of aryl methyl sites for hydroxylation is 1. The van der Waals surface area contributed by atoms with Gasteiger partial charge in [-0.3, -0.25) is 9.78 Å². The van der Waals surface area contributed by atoms with E-state index in [0.29, 0.717) is 16.2 Å². The number of hydrogen-bond acceptors (Lipinski definition) is 4. The highest BCUT2D eigenvalue weighted by atomic mass is 32.1. The number of pyridine rings is 2. The molecule has 0 fully saturated rings. The van der Waals surface area contributed by atoms with Crippen LogP contribution in [0, 0.1) is 11.3 Å². The molecule has 134 valence electrons. The molecule has 1 unspecified atom stereocenters. The molecule has 1 N–H and O–H groups in total. The van der Waals surface area contributed by atoms with Gasteiger partial charge in [-0.15, -0.1) is 11.3 Å². The van der Waals surface area contributed by atoms with Crippen LogP contribution in [-0.2, 0) is 12.8 Å². The summed E-state index contributed by atoms with van der Waals surface area (Å²) in [6.45, 7) is 6.96. The Balaban J connectivity index is 1.61. The van der Waals surface area contributed by atoms with Gasteiger partial charge in [0.25, 0.3) is 5.91 Å². The number of nitrogens with one attached hydrogen (secondary N) is 1. The largest absolute Gasteiger partial charge is 0.321 e. The van der Waals surface area contributed by atoms with E-state index in [2.05, 4.69) is 37.1 Å². The van der Waals surface area contributed by atoms with Gasteiger partial charge in [0.1, 0.15) is 4.83 Å². The van der Waals surface area contributed by atoms with E-state index < -0.39 is 0 Å². The van der Waals surface area contributed by atoms with Crippen molar-refractivity contribution < 1.29 is 4.79 Å². The second-order valence-electron chi connectivity index (χ2n) is 8.09. The Morgan fingerprint density at radius 3 is 2.73 bits per heavy atom. The van der Waals surface area contributed by atoms with E-state index >= 15 is 0 Å². The Morgan fingerprint density at radius 2 is 2.00 bits per heavy atom. The molecule has 1 aliphatic rings. The summed E-state index contributed by atoms with van der Waals surface area (Å²) in [7, 11) is 0. The lowest BCUT2D eigenvalue weighted by Gasteiger charge is -2.34. The van der Waals surface area contributed by atoms with Crippen LogP contribution in [0.1, 0.15) is 48.1 Å². The summed E-state index contributed by atoms with van der Waals surface area (Å²) in [5.74, 6) is 0.590. The van der Waals surface area contributed by atoms with Gasteiger partial charge in [0.05, 0.1) is 4.88 Å². The molecule has 0 radical (unpaired) electrons. The van der Waals surface area contributed by atoms with Crippen LogP contribution in [0.15, 0.2) is 36.7 Å². The summed E-state index contributed by atoms with van der Waals surface area (Å²) < 4.78 is 0. The number of aromatic nitrogens is 2. The van der Waals surface area contributed by atoms with Gasteiger partial charge in [-0.2, -0.15) is 0 Å². The van der Waals surface area contributed by atoms with Crippen molar-refractivity contribution in [3.8, 4) is 0 Å². The molecule has 0 bridgehead atoms. The van der Waals surface area contributed by atoms with Gasteiger partial charge in [-0.05, 0) is 60.4 Å². The summed E-state index contributed by atoms with van der Waals surface area (Å²) in [4.78, 5) is 23.0. The zero-order valence-corrected chi connectivity index (χ0v) is 16.2. The molecule has 0 spiro atoms. The standard InChI is InChI=1S/C21H23N3OS/c1-21(2,3)15-4-5-17-13(11-15)10-14-12-18(26-20(14)24-17)19(25)23-16-6-8-22-9-7-16/h6-10,12,15H,4-5,11H2,1-3H3,(H,22,23,25). The first kappa shape index (κ1) is 17.2. The van der Waals surface area contributed by atoms with Gasteiger partial charge in [0.2, 0.25) is 0 Å². The maximum atomic E-state index is 12.5. The van der Waals surface area contributed by atoms with Crippen molar-refractivity contribution in [2.24, 2.45) is 11.3 Å². The smallest absolute Gasteiger partial charge is 0.265 e. The van der Waals surface area contributed by atoms with E-state index in [0.717, 1.165) is 28.7 Å². The predicted molar refractivity (Wildman–Crippen MR) is 107 cm³/mol. The van der Waals surface area contributed by atoms with Crippen molar-refractivity contribution in [3.05, 3.63) is 52.8 Å². The second kappa shape index (κ2) is 6.47. The maximum Gasteiger partial charge on any atom is 0.265 e. The van der Waals surface area contributed by atoms with Crippen molar-refractivity contribution in [3.63, 3.8) is 0 Å². The summed E-state index contributed by atoms with van der Waals surface area (Å²) in [6, 6.07) is 7.78. The number of fused-ring (bicyclic) bond motifs is 2. The third-order valence-electron chi connectivity index (χ3n) is 5.26. The molecule has 4 nitrogen and oxygen atoms in total. The van der Waals surface area contributed by atoms with Crippen molar-refractivity contribution in [1.29, 1.82) is 0 Å². The van der Waals surface area contributed by atoms with Gasteiger partial charge in [0.15, 0.2) is 0 Å². The average molecular weight is 366 g/mol. The number of rotatable bonds is 2. The molecule has 3 heterocycles. The zero-order chi connectivity index (χ0) is 18.3. The maximum absolute atomic E-state index is 12.5. The molecule has 5 heteroatoms. The van der Waals surface area contributed by atoms with Crippen LogP contribution in [-0.4, -0.2) is 15.9 Å². The first-order chi connectivity index (χ1) is 12.4. The van der Waals surface area contributed by atoms with Crippen LogP contribution in [0.25, 0.3) is 10.2 Å². The molecule has 3 aromatic rings. The first-order valence-electron chi connectivity index (χ1n) is 9.04. The first-order valence-corrected chi connectivity index (χ1v) is 9.85. The van der Waals surface area contributed by atoms with Gasteiger partial charge in [-0.1, -0.05) is 20.8 Å². The molecule has 0 aromatic carbocycles. The highest BCUT2D eigenvalue weighted by molar-refractivity contribution is 7.20. The minimum absolute atomic E-state index is 0.0928. The molecular formula is C21H23N3OS. The zero-order valence-electron chi connectivity index (χ0n) is 15.4. The van der Waals surface area contributed by atoms with E-state index in [-0.39, 0.29) is 5.91 Å². The molecule has 0 saturated heterocycles. The normalized spacial score (nSPS) is 17.1. The Labute approximate surface area is 157 Å². The van der Waals surface area contributed by atoms with Gasteiger partial charge < -0.3 is 5.32 Å². The molecule has 0 aliphatic heterocycles. The molecule has 4 rings (SSSR count). The minimum Gasteiger partial charge on any atom is -0.321 e. The lowest BCUT2D eigenvalue weighted by atomic mass is 9.71. The van der Waals surface area contributed by atoms with Crippen LogP contribution < -0.4 is 5.32 Å². The number of nitrogens with zero attached hydrogens (tertiary/aromatic N) is 2. The monoisotopic (exact) mass is 365 g/mol. The number of thiophene rings is 1. The lowest BCUT2D eigenvalue weighted by Crippen LogP contribution is -2.27.